The van der Waals surface area contributed by atoms with Gasteiger partial charge < -0.3 is 9.72 Å². The number of halogens is 2. The highest BCUT2D eigenvalue weighted by atomic mass is 35.5. The van der Waals surface area contributed by atoms with Crippen LogP contribution < -0.4 is 5.32 Å². The molecule has 0 saturated heterocycles. The van der Waals surface area contributed by atoms with Gasteiger partial charge in [-0.05, 0) is 41.3 Å². The van der Waals surface area contributed by atoms with E-state index >= 15 is 0 Å². The number of rotatable bonds is 9. The summed E-state index contributed by atoms with van der Waals surface area (Å²) >= 11 is 6.23. The summed E-state index contributed by atoms with van der Waals surface area (Å²) < 4.78 is 16.7. The van der Waals surface area contributed by atoms with E-state index in [4.69, 9.17) is 11.6 Å². The molecular formula is C31H27ClFN3O. The average Bonchev–Trinajstić information content (AvgIpc) is 3.34. The fourth-order valence-electron chi connectivity index (χ4n) is 4.87. The van der Waals surface area contributed by atoms with E-state index in [1.54, 1.807) is 42.7 Å². The minimum absolute atomic E-state index is 0.0859. The summed E-state index contributed by atoms with van der Waals surface area (Å²) in [5, 5.41) is 3.61. The van der Waals surface area contributed by atoms with Gasteiger partial charge in [0.25, 0.3) is 0 Å². The quantitative estimate of drug-likeness (QED) is 0.232. The molecule has 0 fully saturated rings. The molecule has 37 heavy (non-hydrogen) atoms. The minimum atomic E-state index is -0.520. The molecule has 0 aliphatic carbocycles. The largest absolute Gasteiger partial charge is 0.356 e. The summed E-state index contributed by atoms with van der Waals surface area (Å²) in [4.78, 5) is 17.6. The Balaban J connectivity index is 1.35. The van der Waals surface area contributed by atoms with Crippen molar-refractivity contribution in [2.24, 2.45) is 0 Å². The number of nitrogens with one attached hydrogen (secondary N) is 1. The van der Waals surface area contributed by atoms with Gasteiger partial charge in [-0.25, -0.2) is 9.37 Å². The second-order valence-corrected chi connectivity index (χ2v) is 9.49. The van der Waals surface area contributed by atoms with E-state index in [-0.39, 0.29) is 24.1 Å². The molecule has 1 N–H and O–H groups in total. The number of benzene rings is 3. The van der Waals surface area contributed by atoms with Crippen LogP contribution in [-0.4, -0.2) is 21.8 Å². The molecule has 186 valence electrons. The van der Waals surface area contributed by atoms with Crippen LogP contribution >= 0.6 is 11.6 Å². The molecule has 0 spiro atoms. The highest BCUT2D eigenvalue weighted by molar-refractivity contribution is 6.30. The third kappa shape index (κ3) is 5.73. The first-order chi connectivity index (χ1) is 18.1. The number of carbonyl (C=O) groups excluding carboxylic acids is 1. The Morgan fingerprint density at radius 3 is 2.19 bits per heavy atom. The smallest absolute Gasteiger partial charge is 0.221 e. The predicted molar refractivity (Wildman–Crippen MR) is 145 cm³/mol. The van der Waals surface area contributed by atoms with Crippen LogP contribution in [0.5, 0.6) is 0 Å². The molecule has 3 aromatic carbocycles. The normalized spacial score (nSPS) is 12.1. The Kier molecular flexibility index (Phi) is 7.62. The lowest BCUT2D eigenvalue weighted by molar-refractivity contribution is -0.121. The lowest BCUT2D eigenvalue weighted by Gasteiger charge is -2.20. The first-order valence-electron chi connectivity index (χ1n) is 12.3. The molecule has 0 bridgehead atoms. The van der Waals surface area contributed by atoms with Crippen LogP contribution in [0.1, 0.15) is 47.1 Å². The number of carbonyl (C=O) groups is 1. The molecule has 1 unspecified atom stereocenters. The van der Waals surface area contributed by atoms with Crippen LogP contribution in [0, 0.1) is 5.82 Å². The van der Waals surface area contributed by atoms with Crippen LogP contribution in [0.3, 0.4) is 0 Å². The van der Waals surface area contributed by atoms with E-state index in [0.29, 0.717) is 28.5 Å². The summed E-state index contributed by atoms with van der Waals surface area (Å²) in [5.41, 5.74) is 4.26. The molecule has 0 saturated carbocycles. The van der Waals surface area contributed by atoms with Gasteiger partial charge in [-0.1, -0.05) is 90.5 Å². The highest BCUT2D eigenvalue weighted by Gasteiger charge is 2.25. The van der Waals surface area contributed by atoms with Gasteiger partial charge in [0, 0.05) is 37.2 Å². The molecule has 0 radical (unpaired) electrons. The van der Waals surface area contributed by atoms with E-state index in [2.05, 4.69) is 34.6 Å². The van der Waals surface area contributed by atoms with Crippen molar-refractivity contribution in [3.05, 3.63) is 143 Å². The zero-order valence-electron chi connectivity index (χ0n) is 20.2. The Labute approximate surface area is 220 Å². The third-order valence-electron chi connectivity index (χ3n) is 6.68. The molecule has 1 amide bonds. The highest BCUT2D eigenvalue weighted by Crippen LogP contribution is 2.31. The maximum atomic E-state index is 14.9. The zero-order valence-corrected chi connectivity index (χ0v) is 21.0. The topological polar surface area (TPSA) is 46.4 Å². The fourth-order valence-corrected chi connectivity index (χ4v) is 5.03. The molecule has 2 heterocycles. The lowest BCUT2D eigenvalue weighted by atomic mass is 9.88. The number of hydrogen-bond donors (Lipinski definition) is 1. The number of hydrogen-bond acceptors (Lipinski definition) is 2. The van der Waals surface area contributed by atoms with Crippen molar-refractivity contribution in [1.82, 2.24) is 14.7 Å². The van der Waals surface area contributed by atoms with Crippen molar-refractivity contribution in [3.63, 3.8) is 0 Å². The number of aromatic nitrogens is 2. The van der Waals surface area contributed by atoms with Gasteiger partial charge in [0.2, 0.25) is 5.91 Å². The molecule has 5 rings (SSSR count). The molecule has 0 aliphatic heterocycles. The number of fused-ring (bicyclic) bond motifs is 1. The van der Waals surface area contributed by atoms with Crippen LogP contribution in [-0.2, 0) is 4.79 Å². The maximum Gasteiger partial charge on any atom is 0.221 e. The van der Waals surface area contributed by atoms with Crippen molar-refractivity contribution >= 4 is 23.2 Å². The van der Waals surface area contributed by atoms with Crippen molar-refractivity contribution in [2.45, 2.75) is 24.7 Å². The molecule has 6 heteroatoms. The van der Waals surface area contributed by atoms with Gasteiger partial charge in [0.1, 0.15) is 11.5 Å². The van der Waals surface area contributed by atoms with Gasteiger partial charge in [0.05, 0.1) is 10.7 Å². The van der Waals surface area contributed by atoms with Gasteiger partial charge in [-0.15, -0.1) is 0 Å². The van der Waals surface area contributed by atoms with Crippen LogP contribution in [0.15, 0.2) is 109 Å². The first kappa shape index (κ1) is 24.7. The van der Waals surface area contributed by atoms with Crippen molar-refractivity contribution < 1.29 is 9.18 Å². The molecular weight excluding hydrogens is 485 g/mol. The summed E-state index contributed by atoms with van der Waals surface area (Å²) in [5.74, 6) is -0.865. The number of imidazole rings is 1. The molecule has 4 nitrogen and oxygen atoms in total. The van der Waals surface area contributed by atoms with E-state index in [0.717, 1.165) is 6.42 Å². The Bertz CT molecular complexity index is 1450. The number of pyridine rings is 1. The minimum Gasteiger partial charge on any atom is -0.356 e. The van der Waals surface area contributed by atoms with E-state index in [1.165, 1.54) is 17.2 Å². The van der Waals surface area contributed by atoms with Crippen molar-refractivity contribution in [3.8, 4) is 0 Å². The van der Waals surface area contributed by atoms with Gasteiger partial charge in [-0.3, -0.25) is 4.79 Å². The van der Waals surface area contributed by atoms with Gasteiger partial charge in [-0.2, -0.15) is 0 Å². The molecule has 5 aromatic rings. The van der Waals surface area contributed by atoms with Crippen LogP contribution in [0.25, 0.3) is 5.65 Å². The number of nitrogens with zero attached hydrogens (tertiary/aromatic N) is 2. The summed E-state index contributed by atoms with van der Waals surface area (Å²) in [6.45, 7) is 0.496. The second-order valence-electron chi connectivity index (χ2n) is 9.05. The van der Waals surface area contributed by atoms with Gasteiger partial charge >= 0.3 is 0 Å². The summed E-state index contributed by atoms with van der Waals surface area (Å²) in [6.07, 6.45) is 4.27. The first-order valence-corrected chi connectivity index (χ1v) is 12.7. The summed E-state index contributed by atoms with van der Waals surface area (Å²) in [6, 6.07) is 30.7. The van der Waals surface area contributed by atoms with Crippen LogP contribution in [0.4, 0.5) is 4.39 Å². The van der Waals surface area contributed by atoms with Crippen LogP contribution in [0.2, 0.25) is 5.02 Å². The zero-order chi connectivity index (χ0) is 25.6. The Morgan fingerprint density at radius 2 is 1.51 bits per heavy atom. The monoisotopic (exact) mass is 511 g/mol. The third-order valence-corrected chi connectivity index (χ3v) is 6.91. The summed E-state index contributed by atoms with van der Waals surface area (Å²) in [7, 11) is 0. The van der Waals surface area contributed by atoms with E-state index in [1.807, 2.05) is 40.8 Å². The fraction of sp³-hybridized carbons (Fsp3) is 0.161. The SMILES string of the molecule is O=C(CC(c1ccccc1F)c1cnc2ccc(Cl)cn12)NCCC(c1ccccc1)c1ccccc1. The Hall–Kier alpha value is -3.96. The van der Waals surface area contributed by atoms with Crippen molar-refractivity contribution in [1.29, 1.82) is 0 Å². The maximum absolute atomic E-state index is 14.9. The lowest BCUT2D eigenvalue weighted by Crippen LogP contribution is -2.28. The molecule has 1 atom stereocenters. The number of amides is 1. The standard InChI is InChI=1S/C31H27ClFN3O/c32-24-15-16-30-35-20-29(36(30)21-24)27(26-13-7-8-14-28(26)33)19-31(37)34-18-17-25(22-9-3-1-4-10-22)23-11-5-2-6-12-23/h1-16,20-21,25,27H,17-19H2,(H,34,37). The molecule has 2 aromatic heterocycles. The second kappa shape index (κ2) is 11.4. The average molecular weight is 512 g/mol. The Morgan fingerprint density at radius 1 is 0.865 bits per heavy atom. The molecule has 0 aliphatic rings. The predicted octanol–water partition coefficient (Wildman–Crippen LogP) is 6.99. The van der Waals surface area contributed by atoms with E-state index in [9.17, 15) is 9.18 Å². The van der Waals surface area contributed by atoms with E-state index < -0.39 is 5.92 Å². The van der Waals surface area contributed by atoms with Crippen molar-refractivity contribution in [2.75, 3.05) is 6.54 Å². The van der Waals surface area contributed by atoms with Gasteiger partial charge in [0.15, 0.2) is 0 Å².